The van der Waals surface area contributed by atoms with E-state index in [4.69, 9.17) is 0 Å². The van der Waals surface area contributed by atoms with Crippen LogP contribution in [0.25, 0.3) is 11.0 Å². The lowest BCUT2D eigenvalue weighted by Gasteiger charge is -2.03. The van der Waals surface area contributed by atoms with E-state index >= 15 is 0 Å². The zero-order valence-corrected chi connectivity index (χ0v) is 7.31. The van der Waals surface area contributed by atoms with E-state index in [0.717, 1.165) is 5.56 Å². The lowest BCUT2D eigenvalue weighted by Crippen LogP contribution is -1.88. The molecule has 2 aromatic heterocycles. The summed E-state index contributed by atoms with van der Waals surface area (Å²) in [7, 11) is 0. The predicted molar refractivity (Wildman–Crippen MR) is 53.1 cm³/mol. The SMILES string of the molecule is Oc1c2c(nc3cccnc13)N=CC2. The van der Waals surface area contributed by atoms with Crippen molar-refractivity contribution in [2.24, 2.45) is 4.99 Å². The van der Waals surface area contributed by atoms with E-state index in [0.29, 0.717) is 23.3 Å². The number of rotatable bonds is 0. The fourth-order valence-electron chi connectivity index (χ4n) is 1.62. The Morgan fingerprint density at radius 3 is 3.21 bits per heavy atom. The fourth-order valence-corrected chi connectivity index (χ4v) is 1.62. The van der Waals surface area contributed by atoms with Crippen LogP contribution in [0.15, 0.2) is 23.3 Å². The van der Waals surface area contributed by atoms with Gasteiger partial charge in [-0.05, 0) is 12.1 Å². The van der Waals surface area contributed by atoms with Crippen LogP contribution in [0.1, 0.15) is 5.56 Å². The van der Waals surface area contributed by atoms with Crippen LogP contribution in [0.5, 0.6) is 5.75 Å². The first-order chi connectivity index (χ1) is 6.86. The van der Waals surface area contributed by atoms with Crippen molar-refractivity contribution in [2.45, 2.75) is 6.42 Å². The molecule has 68 valence electrons. The van der Waals surface area contributed by atoms with Crippen LogP contribution in [0, 0.1) is 0 Å². The summed E-state index contributed by atoms with van der Waals surface area (Å²) in [4.78, 5) is 12.5. The maximum atomic E-state index is 9.89. The Kier molecular flexibility index (Phi) is 1.33. The van der Waals surface area contributed by atoms with Crippen LogP contribution >= 0.6 is 0 Å². The Morgan fingerprint density at radius 2 is 2.29 bits per heavy atom. The van der Waals surface area contributed by atoms with Gasteiger partial charge in [-0.1, -0.05) is 0 Å². The van der Waals surface area contributed by atoms with Crippen LogP contribution < -0.4 is 0 Å². The van der Waals surface area contributed by atoms with Crippen LogP contribution in [0.4, 0.5) is 5.82 Å². The number of hydrogen-bond acceptors (Lipinski definition) is 4. The van der Waals surface area contributed by atoms with Gasteiger partial charge in [0.15, 0.2) is 11.6 Å². The van der Waals surface area contributed by atoms with Gasteiger partial charge in [0.05, 0.1) is 5.52 Å². The molecule has 0 fully saturated rings. The number of fused-ring (bicyclic) bond motifs is 2. The maximum absolute atomic E-state index is 9.89. The summed E-state index contributed by atoms with van der Waals surface area (Å²) in [6.07, 6.45) is 4.03. The van der Waals surface area contributed by atoms with Gasteiger partial charge in [-0.2, -0.15) is 0 Å². The van der Waals surface area contributed by atoms with Crippen molar-refractivity contribution in [1.82, 2.24) is 9.97 Å². The molecular weight excluding hydrogens is 178 g/mol. The first kappa shape index (κ1) is 7.44. The van der Waals surface area contributed by atoms with E-state index in [2.05, 4.69) is 15.0 Å². The van der Waals surface area contributed by atoms with Gasteiger partial charge in [-0.25, -0.2) is 9.98 Å². The molecule has 2 aromatic rings. The Labute approximate surface area is 80.0 Å². The minimum absolute atomic E-state index is 0.211. The summed E-state index contributed by atoms with van der Waals surface area (Å²) in [5, 5.41) is 9.89. The minimum atomic E-state index is 0.211. The highest BCUT2D eigenvalue weighted by Gasteiger charge is 2.16. The molecule has 14 heavy (non-hydrogen) atoms. The zero-order valence-electron chi connectivity index (χ0n) is 7.31. The molecular formula is C10H7N3O. The normalized spacial score (nSPS) is 13.4. The van der Waals surface area contributed by atoms with Crippen molar-refractivity contribution < 1.29 is 5.11 Å². The van der Waals surface area contributed by atoms with Crippen molar-refractivity contribution in [3.63, 3.8) is 0 Å². The van der Waals surface area contributed by atoms with Gasteiger partial charge in [0, 0.05) is 24.4 Å². The number of aromatic nitrogens is 2. The van der Waals surface area contributed by atoms with Crippen molar-refractivity contribution in [3.05, 3.63) is 23.9 Å². The topological polar surface area (TPSA) is 58.4 Å². The molecule has 0 atom stereocenters. The molecule has 4 nitrogen and oxygen atoms in total. The molecule has 0 saturated carbocycles. The molecule has 3 heterocycles. The van der Waals surface area contributed by atoms with Crippen molar-refractivity contribution in [2.75, 3.05) is 0 Å². The van der Waals surface area contributed by atoms with Gasteiger partial charge in [-0.15, -0.1) is 0 Å². The summed E-state index contributed by atoms with van der Waals surface area (Å²) >= 11 is 0. The highest BCUT2D eigenvalue weighted by atomic mass is 16.3. The third-order valence-corrected chi connectivity index (χ3v) is 2.30. The lowest BCUT2D eigenvalue weighted by atomic mass is 10.1. The molecule has 4 heteroatoms. The van der Waals surface area contributed by atoms with Gasteiger partial charge >= 0.3 is 0 Å². The summed E-state index contributed by atoms with van der Waals surface area (Å²) in [6.45, 7) is 0. The zero-order chi connectivity index (χ0) is 9.54. The summed E-state index contributed by atoms with van der Waals surface area (Å²) < 4.78 is 0. The van der Waals surface area contributed by atoms with Crippen LogP contribution in [0.2, 0.25) is 0 Å². The number of aromatic hydroxyl groups is 1. The van der Waals surface area contributed by atoms with Crippen LogP contribution in [-0.4, -0.2) is 21.3 Å². The average Bonchev–Trinajstić information content (AvgIpc) is 2.66. The van der Waals surface area contributed by atoms with Gasteiger partial charge in [0.25, 0.3) is 0 Å². The second kappa shape index (κ2) is 2.51. The minimum Gasteiger partial charge on any atom is -0.505 e. The van der Waals surface area contributed by atoms with Gasteiger partial charge in [0.1, 0.15) is 5.52 Å². The largest absolute Gasteiger partial charge is 0.505 e. The number of pyridine rings is 2. The Balaban J connectivity index is 2.47. The molecule has 0 aliphatic carbocycles. The monoisotopic (exact) mass is 185 g/mol. The first-order valence-corrected chi connectivity index (χ1v) is 4.35. The standard InChI is InChI=1S/C10H7N3O/c14-9-6-3-5-12-10(6)13-7-2-1-4-11-8(7)9/h1-2,4-5H,3H2,(H,13,14). The molecule has 1 aliphatic heterocycles. The second-order valence-electron chi connectivity index (χ2n) is 3.15. The molecule has 0 radical (unpaired) electrons. The number of hydrogen-bond donors (Lipinski definition) is 1. The number of aliphatic imine (C=N–C) groups is 1. The fraction of sp³-hybridized carbons (Fsp3) is 0.100. The Bertz CT molecular complexity index is 548. The predicted octanol–water partition coefficient (Wildman–Crippen LogP) is 1.59. The maximum Gasteiger partial charge on any atom is 0.159 e. The lowest BCUT2D eigenvalue weighted by molar-refractivity contribution is 0.475. The Hall–Kier alpha value is -1.97. The van der Waals surface area contributed by atoms with Crippen molar-refractivity contribution >= 4 is 23.1 Å². The van der Waals surface area contributed by atoms with E-state index in [1.54, 1.807) is 18.5 Å². The second-order valence-corrected chi connectivity index (χ2v) is 3.15. The van der Waals surface area contributed by atoms with E-state index in [-0.39, 0.29) is 5.75 Å². The number of nitrogens with zero attached hydrogens (tertiary/aromatic N) is 3. The third kappa shape index (κ3) is 0.849. The van der Waals surface area contributed by atoms with Crippen molar-refractivity contribution in [3.8, 4) is 5.75 Å². The average molecular weight is 185 g/mol. The van der Waals surface area contributed by atoms with Crippen LogP contribution in [-0.2, 0) is 6.42 Å². The van der Waals surface area contributed by atoms with E-state index in [9.17, 15) is 5.11 Å². The molecule has 0 amide bonds. The molecule has 0 unspecified atom stereocenters. The first-order valence-electron chi connectivity index (χ1n) is 4.35. The quantitative estimate of drug-likeness (QED) is 0.678. The van der Waals surface area contributed by atoms with E-state index in [1.807, 2.05) is 6.07 Å². The molecule has 3 rings (SSSR count). The van der Waals surface area contributed by atoms with Gasteiger partial charge < -0.3 is 5.11 Å². The molecule has 0 bridgehead atoms. The molecule has 0 spiro atoms. The summed E-state index contributed by atoms with van der Waals surface area (Å²) in [5.74, 6) is 0.825. The van der Waals surface area contributed by atoms with Crippen LogP contribution in [0.3, 0.4) is 0 Å². The molecule has 0 saturated heterocycles. The molecule has 1 aliphatic rings. The van der Waals surface area contributed by atoms with Gasteiger partial charge in [-0.3, -0.25) is 4.98 Å². The smallest absolute Gasteiger partial charge is 0.159 e. The van der Waals surface area contributed by atoms with E-state index in [1.165, 1.54) is 0 Å². The molecule has 1 N–H and O–H groups in total. The highest BCUT2D eigenvalue weighted by Crippen LogP contribution is 2.34. The molecule has 0 aromatic carbocycles. The van der Waals surface area contributed by atoms with Gasteiger partial charge in [0.2, 0.25) is 0 Å². The summed E-state index contributed by atoms with van der Waals surface area (Å²) in [6, 6.07) is 3.61. The van der Waals surface area contributed by atoms with E-state index < -0.39 is 0 Å². The third-order valence-electron chi connectivity index (χ3n) is 2.30. The van der Waals surface area contributed by atoms with Crippen molar-refractivity contribution in [1.29, 1.82) is 0 Å². The Morgan fingerprint density at radius 1 is 1.36 bits per heavy atom. The highest BCUT2D eigenvalue weighted by molar-refractivity contribution is 5.88. The summed E-state index contributed by atoms with van der Waals surface area (Å²) in [5.41, 5.74) is 2.01.